The highest BCUT2D eigenvalue weighted by Gasteiger charge is 2.80. The molecule has 10 heteroatoms. The van der Waals surface area contributed by atoms with Gasteiger partial charge in [-0.25, -0.2) is 0 Å². The molecule has 4 heterocycles. The van der Waals surface area contributed by atoms with Gasteiger partial charge < -0.3 is 19.3 Å². The molecule has 7 nitrogen and oxygen atoms in total. The van der Waals surface area contributed by atoms with Crippen molar-refractivity contribution in [3.63, 3.8) is 0 Å². The average molecular weight is 436 g/mol. The van der Waals surface area contributed by atoms with Crippen LogP contribution in [0.3, 0.4) is 0 Å². The molecule has 0 aromatic heterocycles. The molecule has 4 aliphatic rings. The molecule has 2 bridgehead atoms. The van der Waals surface area contributed by atoms with Gasteiger partial charge in [0, 0.05) is 13.5 Å². The van der Waals surface area contributed by atoms with Gasteiger partial charge in [0.15, 0.2) is 21.2 Å². The van der Waals surface area contributed by atoms with Gasteiger partial charge >= 0.3 is 0 Å². The molecular weight excluding hydrogens is 418 g/mol. The second-order valence-electron chi connectivity index (χ2n) is 7.86. The number of amides is 2. The summed E-state index contributed by atoms with van der Waals surface area (Å²) in [4.78, 5) is 28.2. The average Bonchev–Trinajstić information content (AvgIpc) is 3.34. The van der Waals surface area contributed by atoms with E-state index in [2.05, 4.69) is 6.07 Å². The number of carbonyl (C=O) groups is 2. The fourth-order valence-corrected chi connectivity index (χ4v) is 11.8. The number of nitrogens with zero attached hydrogens (tertiary/aromatic N) is 3. The fraction of sp³-hybridized carbons (Fsp3) is 0.500. The fourth-order valence-electron chi connectivity index (χ4n) is 5.05. The van der Waals surface area contributed by atoms with E-state index in [4.69, 9.17) is 20.7 Å². The van der Waals surface area contributed by atoms with E-state index in [-0.39, 0.29) is 25.0 Å². The van der Waals surface area contributed by atoms with Crippen molar-refractivity contribution >= 4 is 41.3 Å². The standard InChI is InChI=1S/C18H17N3O4S3/c1-16(8-19)7-18-15(23)20(3)17(2,28(18)27-26)14(22)21(18)13(16)10-4-5-11-12(6-10)25-9-24-11/h4-6,13H,7,9H2,1-3H3/t13?,16-,17+,18+,28?/m1/s1. The maximum absolute atomic E-state index is 13.6. The highest BCUT2D eigenvalue weighted by molar-refractivity contribution is 8.49. The van der Waals surface area contributed by atoms with E-state index in [1.54, 1.807) is 24.9 Å². The van der Waals surface area contributed by atoms with Gasteiger partial charge in [0.1, 0.15) is 0 Å². The first-order valence-electron chi connectivity index (χ1n) is 8.73. The Hall–Kier alpha value is -1.96. The number of hydrogen-bond donors (Lipinski definition) is 0. The summed E-state index contributed by atoms with van der Waals surface area (Å²) >= 11 is 5.34. The predicted molar refractivity (Wildman–Crippen MR) is 106 cm³/mol. The van der Waals surface area contributed by atoms with Crippen LogP contribution < -0.4 is 9.47 Å². The molecule has 2 amide bonds. The number of rotatable bonds is 1. The van der Waals surface area contributed by atoms with Crippen LogP contribution in [0, 0.1) is 16.7 Å². The van der Waals surface area contributed by atoms with Gasteiger partial charge in [-0.05, 0) is 61.1 Å². The Kier molecular flexibility index (Phi) is 3.45. The number of piperazine rings is 1. The van der Waals surface area contributed by atoms with Crippen LogP contribution in [-0.2, 0) is 39.1 Å². The molecule has 0 N–H and O–H groups in total. The van der Waals surface area contributed by atoms with Gasteiger partial charge in [-0.3, -0.25) is 9.59 Å². The number of benzene rings is 1. The van der Waals surface area contributed by atoms with Gasteiger partial charge in [-0.15, -0.1) is 0 Å². The third-order valence-corrected chi connectivity index (χ3v) is 12.3. The topological polar surface area (TPSA) is 82.9 Å². The van der Waals surface area contributed by atoms with Crippen LogP contribution in [0.4, 0.5) is 0 Å². The largest absolute Gasteiger partial charge is 0.454 e. The summed E-state index contributed by atoms with van der Waals surface area (Å²) in [6, 6.07) is 7.29. The van der Waals surface area contributed by atoms with Crippen molar-refractivity contribution in [1.82, 2.24) is 9.80 Å². The summed E-state index contributed by atoms with van der Waals surface area (Å²) in [6.45, 7) is 3.76. The minimum atomic E-state index is -1.07. The SMILES string of the molecule is CN1C(=O)[C@@]23C[C@](C)(C#N)C(c4ccc5c(c4)OCO5)N2C(=O)[C@]1(C)S3=S=S. The number of carbonyl (C=O) groups excluding carboxylic acids is 2. The molecule has 0 radical (unpaired) electrons. The molecule has 1 spiro atoms. The van der Waals surface area contributed by atoms with Crippen molar-refractivity contribution in [2.45, 2.75) is 36.1 Å². The van der Waals surface area contributed by atoms with Crippen LogP contribution in [0.1, 0.15) is 31.9 Å². The van der Waals surface area contributed by atoms with Gasteiger partial charge in [-0.1, -0.05) is 6.07 Å². The van der Waals surface area contributed by atoms with Crippen LogP contribution in [-0.4, -0.2) is 45.2 Å². The molecular formula is C18H17N3O4S3. The van der Waals surface area contributed by atoms with Crippen LogP contribution in [0.15, 0.2) is 18.2 Å². The highest BCUT2D eigenvalue weighted by atomic mass is 33.1. The van der Waals surface area contributed by atoms with Crippen LogP contribution >= 0.6 is 0 Å². The predicted octanol–water partition coefficient (Wildman–Crippen LogP) is 1.19. The van der Waals surface area contributed by atoms with E-state index in [9.17, 15) is 14.9 Å². The number of hydrogen-bond acceptors (Lipinski definition) is 6. The molecule has 5 rings (SSSR count). The first kappa shape index (κ1) is 18.1. The zero-order valence-electron chi connectivity index (χ0n) is 15.4. The number of ether oxygens (including phenoxy) is 2. The summed E-state index contributed by atoms with van der Waals surface area (Å²) < 4.78 is 10.9. The summed E-state index contributed by atoms with van der Waals surface area (Å²) in [5, 5.41) is 10.1. The molecule has 146 valence electrons. The Morgan fingerprint density at radius 2 is 2.00 bits per heavy atom. The van der Waals surface area contributed by atoms with Crippen molar-refractivity contribution < 1.29 is 19.1 Å². The maximum atomic E-state index is 13.6. The molecule has 3 saturated heterocycles. The summed E-state index contributed by atoms with van der Waals surface area (Å²) in [5.74, 6) is 0.951. The number of nitriles is 1. The van der Waals surface area contributed by atoms with Crippen molar-refractivity contribution in [2.75, 3.05) is 13.8 Å². The molecule has 2 unspecified atom stereocenters. The van der Waals surface area contributed by atoms with E-state index in [0.29, 0.717) is 11.5 Å². The Balaban J connectivity index is 1.76. The van der Waals surface area contributed by atoms with Gasteiger partial charge in [0.05, 0.1) is 17.5 Å². The lowest BCUT2D eigenvalue weighted by molar-refractivity contribution is -0.159. The molecule has 28 heavy (non-hydrogen) atoms. The van der Waals surface area contributed by atoms with E-state index < -0.39 is 30.7 Å². The first-order chi connectivity index (χ1) is 13.3. The summed E-state index contributed by atoms with van der Waals surface area (Å²) in [5.41, 5.74) is -0.162. The lowest BCUT2D eigenvalue weighted by atomic mass is 9.79. The Labute approximate surface area is 172 Å². The molecule has 3 fully saturated rings. The quantitative estimate of drug-likeness (QED) is 0.659. The Bertz CT molecular complexity index is 1080. The van der Waals surface area contributed by atoms with E-state index in [1.807, 2.05) is 19.1 Å². The minimum Gasteiger partial charge on any atom is -0.454 e. The van der Waals surface area contributed by atoms with E-state index in [0.717, 1.165) is 14.4 Å². The smallest absolute Gasteiger partial charge is 0.261 e. The first-order valence-corrected chi connectivity index (χ1v) is 12.2. The molecule has 0 saturated carbocycles. The van der Waals surface area contributed by atoms with Crippen LogP contribution in [0.25, 0.3) is 0 Å². The molecule has 0 aliphatic carbocycles. The highest BCUT2D eigenvalue weighted by Crippen LogP contribution is 2.65. The molecule has 1 aromatic carbocycles. The summed E-state index contributed by atoms with van der Waals surface area (Å²) in [6.07, 6.45) is 0.271. The lowest BCUT2D eigenvalue weighted by Crippen LogP contribution is -2.60. The molecule has 5 atom stereocenters. The minimum absolute atomic E-state index is 0.125. The zero-order valence-corrected chi connectivity index (χ0v) is 17.9. The van der Waals surface area contributed by atoms with Gasteiger partial charge in [0.2, 0.25) is 6.79 Å². The number of fused-ring (bicyclic) bond motifs is 2. The Morgan fingerprint density at radius 1 is 1.29 bits per heavy atom. The molecule has 1 aromatic rings. The second-order valence-corrected chi connectivity index (χ2v) is 12.6. The number of likely N-dealkylation sites (N-methyl/N-ethyl adjacent to an activating group) is 1. The van der Waals surface area contributed by atoms with Crippen LogP contribution in [0.5, 0.6) is 11.5 Å². The maximum Gasteiger partial charge on any atom is 0.261 e. The lowest BCUT2D eigenvalue weighted by Gasteiger charge is -2.39. The van der Waals surface area contributed by atoms with Crippen molar-refractivity contribution in [1.29, 1.82) is 5.26 Å². The third-order valence-electron chi connectivity index (χ3n) is 6.46. The van der Waals surface area contributed by atoms with Gasteiger partial charge in [0.25, 0.3) is 11.8 Å². The van der Waals surface area contributed by atoms with Crippen molar-refractivity contribution in [3.05, 3.63) is 23.8 Å². The second kappa shape index (κ2) is 5.34. The van der Waals surface area contributed by atoms with Crippen molar-refractivity contribution in [2.24, 2.45) is 5.41 Å². The normalized spacial score (nSPS) is 40.1. The zero-order chi connectivity index (χ0) is 20.1. The Morgan fingerprint density at radius 3 is 2.68 bits per heavy atom. The van der Waals surface area contributed by atoms with E-state index >= 15 is 0 Å². The monoisotopic (exact) mass is 435 g/mol. The third kappa shape index (κ3) is 1.72. The van der Waals surface area contributed by atoms with E-state index in [1.165, 1.54) is 4.90 Å². The summed E-state index contributed by atoms with van der Waals surface area (Å²) in [7, 11) is 2.05. The van der Waals surface area contributed by atoms with Gasteiger partial charge in [-0.2, -0.15) is 5.26 Å². The molecule has 4 aliphatic heterocycles. The van der Waals surface area contributed by atoms with Crippen LogP contribution in [0.2, 0.25) is 0 Å². The van der Waals surface area contributed by atoms with Crippen molar-refractivity contribution in [3.8, 4) is 17.6 Å².